The molecule has 0 aliphatic heterocycles. The molecule has 1 aromatic carbocycles. The van der Waals surface area contributed by atoms with Gasteiger partial charge >= 0.3 is 0 Å². The number of methoxy groups -OCH3 is 1. The van der Waals surface area contributed by atoms with Crippen molar-refractivity contribution in [1.82, 2.24) is 4.72 Å². The molecule has 0 bridgehead atoms. The highest BCUT2D eigenvalue weighted by atomic mass is 32.2. The van der Waals surface area contributed by atoms with Crippen LogP contribution in [0.15, 0.2) is 17.0 Å². The van der Waals surface area contributed by atoms with Crippen molar-refractivity contribution in [3.63, 3.8) is 0 Å². The third-order valence-electron chi connectivity index (χ3n) is 4.75. The molecule has 22 heavy (non-hydrogen) atoms. The van der Waals surface area contributed by atoms with Gasteiger partial charge in [0.1, 0.15) is 5.75 Å². The van der Waals surface area contributed by atoms with Gasteiger partial charge in [0.25, 0.3) is 0 Å². The average Bonchev–Trinajstić information content (AvgIpc) is 2.90. The Morgan fingerprint density at radius 3 is 2.55 bits per heavy atom. The van der Waals surface area contributed by atoms with Crippen LogP contribution in [0.1, 0.15) is 43.2 Å². The fourth-order valence-electron chi connectivity index (χ4n) is 3.65. The zero-order valence-corrected chi connectivity index (χ0v) is 13.8. The summed E-state index contributed by atoms with van der Waals surface area (Å²) in [6.45, 7) is 0. The van der Waals surface area contributed by atoms with Crippen LogP contribution >= 0.6 is 0 Å². The second kappa shape index (κ2) is 6.18. The average molecular weight is 324 g/mol. The Labute approximate surface area is 132 Å². The first-order valence-electron chi connectivity index (χ1n) is 7.98. The van der Waals surface area contributed by atoms with E-state index in [2.05, 4.69) is 4.72 Å². The maximum Gasteiger partial charge on any atom is 0.241 e. The molecule has 2 atom stereocenters. The van der Waals surface area contributed by atoms with Gasteiger partial charge in [0.15, 0.2) is 0 Å². The molecule has 0 aromatic heterocycles. The first-order chi connectivity index (χ1) is 10.5. The van der Waals surface area contributed by atoms with Crippen molar-refractivity contribution >= 4 is 10.0 Å². The van der Waals surface area contributed by atoms with E-state index in [4.69, 9.17) is 10.5 Å². The Kier molecular flexibility index (Phi) is 4.43. The van der Waals surface area contributed by atoms with Crippen LogP contribution in [0.5, 0.6) is 5.75 Å². The highest BCUT2D eigenvalue weighted by molar-refractivity contribution is 7.89. The van der Waals surface area contributed by atoms with Crippen molar-refractivity contribution < 1.29 is 13.2 Å². The lowest BCUT2D eigenvalue weighted by molar-refractivity contribution is 0.405. The molecule has 1 fully saturated rings. The number of nitrogens with two attached hydrogens (primary N) is 1. The summed E-state index contributed by atoms with van der Waals surface area (Å²) in [6, 6.07) is 3.53. The molecule has 0 saturated heterocycles. The van der Waals surface area contributed by atoms with Gasteiger partial charge in [0, 0.05) is 12.1 Å². The quantitative estimate of drug-likeness (QED) is 0.884. The summed E-state index contributed by atoms with van der Waals surface area (Å²) in [5.74, 6) is 0.802. The number of sulfonamides is 1. The SMILES string of the molecule is COc1ccc(S(=O)(=O)N[C@@H]2CC[C@@H](N)C2)c2c1CCCC2. The van der Waals surface area contributed by atoms with Crippen molar-refractivity contribution in [2.24, 2.45) is 5.73 Å². The van der Waals surface area contributed by atoms with Gasteiger partial charge in [-0.05, 0) is 68.2 Å². The number of ether oxygens (including phenoxy) is 1. The summed E-state index contributed by atoms with van der Waals surface area (Å²) in [5.41, 5.74) is 7.87. The van der Waals surface area contributed by atoms with E-state index < -0.39 is 10.0 Å². The lowest BCUT2D eigenvalue weighted by Crippen LogP contribution is -2.34. The standard InChI is InChI=1S/C16H24N2O3S/c1-21-15-8-9-16(14-5-3-2-4-13(14)15)22(19,20)18-12-7-6-11(17)10-12/h8-9,11-12,18H,2-7,10,17H2,1H3/t11-,12-/m1/s1. The van der Waals surface area contributed by atoms with Crippen LogP contribution in [0.3, 0.4) is 0 Å². The van der Waals surface area contributed by atoms with Crippen molar-refractivity contribution in [3.8, 4) is 5.75 Å². The number of hydrogen-bond acceptors (Lipinski definition) is 4. The smallest absolute Gasteiger partial charge is 0.241 e. The molecule has 0 amide bonds. The largest absolute Gasteiger partial charge is 0.496 e. The second-order valence-electron chi connectivity index (χ2n) is 6.32. The molecule has 1 saturated carbocycles. The Balaban J connectivity index is 1.93. The van der Waals surface area contributed by atoms with E-state index >= 15 is 0 Å². The highest BCUT2D eigenvalue weighted by Crippen LogP contribution is 2.34. The minimum Gasteiger partial charge on any atom is -0.496 e. The third kappa shape index (κ3) is 3.00. The van der Waals surface area contributed by atoms with Gasteiger partial charge in [-0.25, -0.2) is 13.1 Å². The maximum absolute atomic E-state index is 12.8. The maximum atomic E-state index is 12.8. The normalized spacial score (nSPS) is 25.0. The molecule has 122 valence electrons. The summed E-state index contributed by atoms with van der Waals surface area (Å²) in [7, 11) is -1.86. The fourth-order valence-corrected chi connectivity index (χ4v) is 5.23. The van der Waals surface area contributed by atoms with Crippen molar-refractivity contribution in [2.75, 3.05) is 7.11 Å². The number of benzene rings is 1. The van der Waals surface area contributed by atoms with E-state index in [0.29, 0.717) is 4.90 Å². The van der Waals surface area contributed by atoms with E-state index in [0.717, 1.165) is 61.8 Å². The van der Waals surface area contributed by atoms with E-state index in [1.807, 2.05) is 0 Å². The van der Waals surface area contributed by atoms with Gasteiger partial charge in [-0.3, -0.25) is 0 Å². The Morgan fingerprint density at radius 2 is 1.91 bits per heavy atom. The van der Waals surface area contributed by atoms with Crippen molar-refractivity contribution in [2.45, 2.75) is 61.9 Å². The summed E-state index contributed by atoms with van der Waals surface area (Å²) in [5, 5.41) is 0. The van der Waals surface area contributed by atoms with Gasteiger partial charge < -0.3 is 10.5 Å². The monoisotopic (exact) mass is 324 g/mol. The Hall–Kier alpha value is -1.11. The second-order valence-corrected chi connectivity index (χ2v) is 8.00. The number of rotatable bonds is 4. The molecule has 1 aromatic rings. The predicted octanol–water partition coefficient (Wildman–Crippen LogP) is 1.73. The Bertz CT molecular complexity index is 658. The molecule has 0 spiro atoms. The van der Waals surface area contributed by atoms with Gasteiger partial charge in [-0.1, -0.05) is 0 Å². The first-order valence-corrected chi connectivity index (χ1v) is 9.46. The van der Waals surface area contributed by atoms with Crippen LogP contribution in [-0.4, -0.2) is 27.6 Å². The van der Waals surface area contributed by atoms with Gasteiger partial charge in [0.2, 0.25) is 10.0 Å². The van der Waals surface area contributed by atoms with Crippen LogP contribution in [0.2, 0.25) is 0 Å². The van der Waals surface area contributed by atoms with E-state index in [1.54, 1.807) is 19.2 Å². The third-order valence-corrected chi connectivity index (χ3v) is 6.36. The van der Waals surface area contributed by atoms with Gasteiger partial charge in [0.05, 0.1) is 12.0 Å². The van der Waals surface area contributed by atoms with Crippen LogP contribution in [-0.2, 0) is 22.9 Å². The molecular formula is C16H24N2O3S. The zero-order valence-electron chi connectivity index (χ0n) is 13.0. The number of nitrogens with one attached hydrogen (secondary N) is 1. The molecule has 6 heteroatoms. The fraction of sp³-hybridized carbons (Fsp3) is 0.625. The molecule has 3 N–H and O–H groups in total. The van der Waals surface area contributed by atoms with Gasteiger partial charge in [-0.2, -0.15) is 0 Å². The van der Waals surface area contributed by atoms with E-state index in [1.165, 1.54) is 0 Å². The molecule has 2 aliphatic rings. The first kappa shape index (κ1) is 15.8. The zero-order chi connectivity index (χ0) is 15.7. The van der Waals surface area contributed by atoms with Crippen LogP contribution in [0.25, 0.3) is 0 Å². The van der Waals surface area contributed by atoms with Crippen LogP contribution < -0.4 is 15.2 Å². The predicted molar refractivity (Wildman–Crippen MR) is 85.6 cm³/mol. The molecule has 0 unspecified atom stereocenters. The highest BCUT2D eigenvalue weighted by Gasteiger charge is 2.30. The van der Waals surface area contributed by atoms with E-state index in [9.17, 15) is 8.42 Å². The topological polar surface area (TPSA) is 81.4 Å². The van der Waals surface area contributed by atoms with Crippen molar-refractivity contribution in [1.29, 1.82) is 0 Å². The number of fused-ring (bicyclic) bond motifs is 1. The van der Waals surface area contributed by atoms with Gasteiger partial charge in [-0.15, -0.1) is 0 Å². The molecule has 3 rings (SSSR count). The molecule has 0 radical (unpaired) electrons. The number of hydrogen-bond donors (Lipinski definition) is 2. The van der Waals surface area contributed by atoms with Crippen molar-refractivity contribution in [3.05, 3.63) is 23.3 Å². The van der Waals surface area contributed by atoms with E-state index in [-0.39, 0.29) is 12.1 Å². The molecular weight excluding hydrogens is 300 g/mol. The minimum atomic E-state index is -3.49. The minimum absolute atomic E-state index is 0.0404. The van der Waals surface area contributed by atoms with Crippen LogP contribution in [0, 0.1) is 0 Å². The molecule has 5 nitrogen and oxygen atoms in total. The lowest BCUT2D eigenvalue weighted by Gasteiger charge is -2.23. The summed E-state index contributed by atoms with van der Waals surface area (Å²) >= 11 is 0. The summed E-state index contributed by atoms with van der Waals surface area (Å²) in [6.07, 6.45) is 6.21. The van der Waals surface area contributed by atoms with Crippen LogP contribution in [0.4, 0.5) is 0 Å². The lowest BCUT2D eigenvalue weighted by atomic mass is 9.91. The summed E-state index contributed by atoms with van der Waals surface area (Å²) in [4.78, 5) is 0.420. The molecule has 2 aliphatic carbocycles. The molecule has 0 heterocycles. The summed E-state index contributed by atoms with van der Waals surface area (Å²) < 4.78 is 33.8. The Morgan fingerprint density at radius 1 is 1.18 bits per heavy atom.